The van der Waals surface area contributed by atoms with Crippen LogP contribution in [0.3, 0.4) is 0 Å². The molecule has 2 aliphatic rings. The Balaban J connectivity index is 2.14. The van der Waals surface area contributed by atoms with Gasteiger partial charge in [0, 0.05) is 0 Å². The van der Waals surface area contributed by atoms with Crippen LogP contribution in [-0.2, 0) is 6.42 Å². The van der Waals surface area contributed by atoms with Gasteiger partial charge in [0.15, 0.2) is 0 Å². The zero-order valence-corrected chi connectivity index (χ0v) is 6.59. The summed E-state index contributed by atoms with van der Waals surface area (Å²) >= 11 is 0. The van der Waals surface area contributed by atoms with Crippen LogP contribution >= 0.6 is 0 Å². The van der Waals surface area contributed by atoms with Gasteiger partial charge in [-0.05, 0) is 42.2 Å². The zero-order chi connectivity index (χ0) is 7.26. The van der Waals surface area contributed by atoms with Gasteiger partial charge in [-0.2, -0.15) is 0 Å². The van der Waals surface area contributed by atoms with E-state index >= 15 is 0 Å². The van der Waals surface area contributed by atoms with Crippen LogP contribution in [-0.4, -0.2) is 0 Å². The second-order valence-corrected chi connectivity index (χ2v) is 3.84. The minimum atomic E-state index is 0.958. The molecule has 1 saturated carbocycles. The molecule has 3 rings (SSSR count). The van der Waals surface area contributed by atoms with Gasteiger partial charge in [-0.25, -0.2) is 0 Å². The second-order valence-electron chi connectivity index (χ2n) is 3.84. The molecule has 2 atom stereocenters. The Morgan fingerprint density at radius 3 is 3.09 bits per heavy atom. The lowest BCUT2D eigenvalue weighted by Crippen LogP contribution is -2.00. The monoisotopic (exact) mass is 144 g/mol. The van der Waals surface area contributed by atoms with Crippen LogP contribution < -0.4 is 0 Å². The van der Waals surface area contributed by atoms with E-state index < -0.39 is 0 Å². The normalized spacial score (nSPS) is 32.4. The molecule has 0 radical (unpaired) electrons. The molecule has 11 heavy (non-hydrogen) atoms. The molecule has 2 aliphatic carbocycles. The quantitative estimate of drug-likeness (QED) is 0.525. The maximum Gasteiger partial charge on any atom is -0.0128 e. The molecule has 0 aliphatic heterocycles. The topological polar surface area (TPSA) is 0 Å². The number of hydrogen-bond donors (Lipinski definition) is 0. The van der Waals surface area contributed by atoms with E-state index in [1.807, 2.05) is 0 Å². The molecule has 1 aromatic carbocycles. The van der Waals surface area contributed by atoms with Crippen molar-refractivity contribution in [2.45, 2.75) is 25.2 Å². The van der Waals surface area contributed by atoms with Crippen molar-refractivity contribution in [1.82, 2.24) is 0 Å². The van der Waals surface area contributed by atoms with Crippen LogP contribution in [0.2, 0.25) is 0 Å². The minimum absolute atomic E-state index is 0.958. The lowest BCUT2D eigenvalue weighted by Gasteiger charge is -2.13. The average molecular weight is 144 g/mol. The number of rotatable bonds is 0. The molecule has 1 aromatic rings. The largest absolute Gasteiger partial charge is 0.0620 e. The first-order valence-electron chi connectivity index (χ1n) is 4.53. The van der Waals surface area contributed by atoms with Crippen LogP contribution in [0, 0.1) is 5.92 Å². The summed E-state index contributed by atoms with van der Waals surface area (Å²) in [5.41, 5.74) is 3.27. The summed E-state index contributed by atoms with van der Waals surface area (Å²) in [6, 6.07) is 8.96. The Kier molecular flexibility index (Phi) is 0.993. The van der Waals surface area contributed by atoms with Gasteiger partial charge in [0.25, 0.3) is 0 Å². The highest BCUT2D eigenvalue weighted by Gasteiger charge is 2.41. The third kappa shape index (κ3) is 0.756. The Bertz CT molecular complexity index is 288. The highest BCUT2D eigenvalue weighted by Crippen LogP contribution is 2.54. The summed E-state index contributed by atoms with van der Waals surface area (Å²) in [6.45, 7) is 0. The molecule has 0 heteroatoms. The predicted molar refractivity (Wildman–Crippen MR) is 45.6 cm³/mol. The van der Waals surface area contributed by atoms with Crippen molar-refractivity contribution < 1.29 is 0 Å². The van der Waals surface area contributed by atoms with Crippen molar-refractivity contribution in [1.29, 1.82) is 0 Å². The molecular formula is C11H12. The number of benzene rings is 1. The summed E-state index contributed by atoms with van der Waals surface area (Å²) in [5, 5.41) is 0. The third-order valence-corrected chi connectivity index (χ3v) is 3.16. The molecule has 0 amide bonds. The zero-order valence-electron chi connectivity index (χ0n) is 6.59. The fourth-order valence-electron chi connectivity index (χ4n) is 2.41. The van der Waals surface area contributed by atoms with E-state index in [0.29, 0.717) is 0 Å². The Labute approximate surface area is 67.2 Å². The average Bonchev–Trinajstić information content (AvgIpc) is 2.83. The standard InChI is InChI=1S/C11H12/c1-2-4-10-8(3-1)5-6-9-7-11(9)10/h1-4,9,11H,5-7H2. The van der Waals surface area contributed by atoms with Crippen molar-refractivity contribution in [3.05, 3.63) is 35.4 Å². The van der Waals surface area contributed by atoms with Gasteiger partial charge in [0.1, 0.15) is 0 Å². The van der Waals surface area contributed by atoms with Crippen LogP contribution in [0.4, 0.5) is 0 Å². The Morgan fingerprint density at radius 2 is 2.09 bits per heavy atom. The lowest BCUT2D eigenvalue weighted by atomic mass is 9.92. The van der Waals surface area contributed by atoms with Crippen molar-refractivity contribution in [2.75, 3.05) is 0 Å². The van der Waals surface area contributed by atoms with E-state index in [0.717, 1.165) is 11.8 Å². The summed E-state index contributed by atoms with van der Waals surface area (Å²) in [6.07, 6.45) is 4.25. The smallest absolute Gasteiger partial charge is 0.0128 e. The third-order valence-electron chi connectivity index (χ3n) is 3.16. The highest BCUT2D eigenvalue weighted by atomic mass is 14.5. The molecule has 0 bridgehead atoms. The highest BCUT2D eigenvalue weighted by molar-refractivity contribution is 5.37. The summed E-state index contributed by atoms with van der Waals surface area (Å²) in [5.74, 6) is 2.02. The first-order valence-corrected chi connectivity index (χ1v) is 4.53. The van der Waals surface area contributed by atoms with Crippen LogP contribution in [0.15, 0.2) is 24.3 Å². The molecule has 0 nitrogen and oxygen atoms in total. The van der Waals surface area contributed by atoms with Crippen molar-refractivity contribution >= 4 is 0 Å². The fraction of sp³-hybridized carbons (Fsp3) is 0.455. The van der Waals surface area contributed by atoms with Gasteiger partial charge in [-0.15, -0.1) is 0 Å². The van der Waals surface area contributed by atoms with Crippen molar-refractivity contribution in [2.24, 2.45) is 5.92 Å². The summed E-state index contributed by atoms with van der Waals surface area (Å²) < 4.78 is 0. The first kappa shape index (κ1) is 5.82. The van der Waals surface area contributed by atoms with Gasteiger partial charge in [0.05, 0.1) is 0 Å². The Morgan fingerprint density at radius 1 is 1.18 bits per heavy atom. The van der Waals surface area contributed by atoms with Gasteiger partial charge < -0.3 is 0 Å². The van der Waals surface area contributed by atoms with Gasteiger partial charge in [0.2, 0.25) is 0 Å². The van der Waals surface area contributed by atoms with Crippen LogP contribution in [0.5, 0.6) is 0 Å². The summed E-state index contributed by atoms with van der Waals surface area (Å²) in [7, 11) is 0. The van der Waals surface area contributed by atoms with E-state index in [2.05, 4.69) is 24.3 Å². The fourth-order valence-corrected chi connectivity index (χ4v) is 2.41. The maximum atomic E-state index is 2.32. The second kappa shape index (κ2) is 1.88. The SMILES string of the molecule is c1ccc2c(c1)CCC1CC21. The predicted octanol–water partition coefficient (Wildman–Crippen LogP) is 2.74. The van der Waals surface area contributed by atoms with Gasteiger partial charge in [-0.1, -0.05) is 24.3 Å². The molecule has 56 valence electrons. The van der Waals surface area contributed by atoms with Gasteiger partial charge in [-0.3, -0.25) is 0 Å². The van der Waals surface area contributed by atoms with E-state index in [1.54, 1.807) is 11.1 Å². The molecule has 2 unspecified atom stereocenters. The molecule has 0 heterocycles. The van der Waals surface area contributed by atoms with E-state index in [4.69, 9.17) is 0 Å². The maximum absolute atomic E-state index is 2.32. The number of fused-ring (bicyclic) bond motifs is 3. The molecule has 0 spiro atoms. The first-order chi connectivity index (χ1) is 5.45. The number of hydrogen-bond acceptors (Lipinski definition) is 0. The minimum Gasteiger partial charge on any atom is -0.0620 e. The summed E-state index contributed by atoms with van der Waals surface area (Å²) in [4.78, 5) is 0. The van der Waals surface area contributed by atoms with E-state index in [9.17, 15) is 0 Å². The molecule has 0 aromatic heterocycles. The molecular weight excluding hydrogens is 132 g/mol. The van der Waals surface area contributed by atoms with Crippen molar-refractivity contribution in [3.8, 4) is 0 Å². The molecule has 1 fully saturated rings. The van der Waals surface area contributed by atoms with Gasteiger partial charge >= 0.3 is 0 Å². The lowest BCUT2D eigenvalue weighted by molar-refractivity contribution is 0.667. The molecule has 0 N–H and O–H groups in total. The van der Waals surface area contributed by atoms with E-state index in [1.165, 1.54) is 19.3 Å². The van der Waals surface area contributed by atoms with Crippen LogP contribution in [0.25, 0.3) is 0 Å². The van der Waals surface area contributed by atoms with E-state index in [-0.39, 0.29) is 0 Å². The van der Waals surface area contributed by atoms with Crippen molar-refractivity contribution in [3.63, 3.8) is 0 Å². The van der Waals surface area contributed by atoms with Crippen LogP contribution in [0.1, 0.15) is 29.9 Å². The molecule has 0 saturated heterocycles. The Hall–Kier alpha value is -0.780. The number of aryl methyl sites for hydroxylation is 1.